The summed E-state index contributed by atoms with van der Waals surface area (Å²) in [5, 5.41) is 10.2. The zero-order valence-corrected chi connectivity index (χ0v) is 33.1. The zero-order valence-electron chi connectivity index (χ0n) is 33.1. The van der Waals surface area contributed by atoms with Crippen molar-refractivity contribution >= 4 is 72.3 Å². The highest BCUT2D eigenvalue weighted by atomic mass is 15.1. The average Bonchev–Trinajstić information content (AvgIpc) is 3.30. The molecule has 0 bridgehead atoms. The van der Waals surface area contributed by atoms with Crippen molar-refractivity contribution in [3.05, 3.63) is 246 Å². The Kier molecular flexibility index (Phi) is 10.0. The van der Waals surface area contributed by atoms with Gasteiger partial charge in [0.05, 0.1) is 0 Å². The molecule has 59 heavy (non-hydrogen) atoms. The molecule has 0 saturated heterocycles. The number of hydrogen-bond acceptors (Lipinski definition) is 1. The second kappa shape index (κ2) is 16.3. The van der Waals surface area contributed by atoms with Crippen LogP contribution in [0.15, 0.2) is 218 Å². The number of benzene rings is 10. The average molecular weight is 756 g/mol. The summed E-state index contributed by atoms with van der Waals surface area (Å²) in [6.45, 7) is 0. The molecule has 1 atom stereocenters. The van der Waals surface area contributed by atoms with Crippen molar-refractivity contribution in [2.24, 2.45) is 0 Å². The lowest BCUT2D eigenvalue weighted by atomic mass is 9.85. The normalized spacial score (nSPS) is 12.1. The van der Waals surface area contributed by atoms with Gasteiger partial charge in [0.2, 0.25) is 0 Å². The summed E-state index contributed by atoms with van der Waals surface area (Å²) in [5.74, 6) is 0.418. The molecule has 282 valence electrons. The van der Waals surface area contributed by atoms with Crippen LogP contribution in [-0.4, -0.2) is 0 Å². The Balaban J connectivity index is 0.861. The number of rotatable bonds is 11. The predicted molar refractivity (Wildman–Crippen MR) is 254 cm³/mol. The number of hydrogen-bond donors (Lipinski definition) is 0. The van der Waals surface area contributed by atoms with Gasteiger partial charge in [-0.15, -0.1) is 0 Å². The first kappa shape index (κ1) is 36.1. The van der Waals surface area contributed by atoms with Crippen molar-refractivity contribution in [1.29, 1.82) is 0 Å². The van der Waals surface area contributed by atoms with Gasteiger partial charge in [-0.25, -0.2) is 0 Å². The molecule has 0 amide bonds. The van der Waals surface area contributed by atoms with Crippen LogP contribution in [0.5, 0.6) is 0 Å². The first-order valence-corrected chi connectivity index (χ1v) is 20.8. The lowest BCUT2D eigenvalue weighted by Gasteiger charge is -2.26. The molecule has 10 rings (SSSR count). The van der Waals surface area contributed by atoms with Crippen molar-refractivity contribution in [2.75, 3.05) is 4.90 Å². The van der Waals surface area contributed by atoms with Gasteiger partial charge < -0.3 is 4.90 Å². The third kappa shape index (κ3) is 8.02. The van der Waals surface area contributed by atoms with Crippen LogP contribution in [0.1, 0.15) is 40.2 Å². The first-order valence-electron chi connectivity index (χ1n) is 20.8. The zero-order chi connectivity index (χ0) is 39.4. The number of anilines is 3. The molecule has 0 N–H and O–H groups in total. The molecule has 10 aromatic rings. The molecule has 1 heteroatoms. The lowest BCUT2D eigenvalue weighted by Crippen LogP contribution is -2.09. The van der Waals surface area contributed by atoms with E-state index in [0.29, 0.717) is 5.92 Å². The molecule has 10 aromatic carbocycles. The van der Waals surface area contributed by atoms with E-state index in [-0.39, 0.29) is 0 Å². The minimum Gasteiger partial charge on any atom is -0.310 e. The monoisotopic (exact) mass is 755 g/mol. The smallest absolute Gasteiger partial charge is 0.0468 e. The Morgan fingerprint density at radius 1 is 0.339 bits per heavy atom. The number of nitrogens with zero attached hydrogens (tertiary/aromatic N) is 1. The van der Waals surface area contributed by atoms with E-state index in [1.54, 1.807) is 0 Å². The van der Waals surface area contributed by atoms with Crippen molar-refractivity contribution in [1.82, 2.24) is 0 Å². The van der Waals surface area contributed by atoms with Gasteiger partial charge in [-0.05, 0) is 132 Å². The number of aryl methyl sites for hydroxylation is 1. The fourth-order valence-corrected chi connectivity index (χ4v) is 8.64. The van der Waals surface area contributed by atoms with Crippen LogP contribution in [0, 0.1) is 0 Å². The molecule has 0 aliphatic rings. The summed E-state index contributed by atoms with van der Waals surface area (Å²) in [4.78, 5) is 2.36. The maximum atomic E-state index is 2.41. The van der Waals surface area contributed by atoms with Gasteiger partial charge in [-0.2, -0.15) is 0 Å². The molecule has 1 unspecified atom stereocenters. The summed E-state index contributed by atoms with van der Waals surface area (Å²) >= 11 is 0. The first-order chi connectivity index (χ1) is 29.2. The van der Waals surface area contributed by atoms with E-state index in [1.807, 2.05) is 0 Å². The third-order valence-corrected chi connectivity index (χ3v) is 11.9. The Morgan fingerprint density at radius 3 is 1.29 bits per heavy atom. The van der Waals surface area contributed by atoms with Crippen molar-refractivity contribution in [3.8, 4) is 0 Å². The second-order valence-electron chi connectivity index (χ2n) is 15.8. The lowest BCUT2D eigenvalue weighted by molar-refractivity contribution is 0.622. The molecular formula is C58H45N. The van der Waals surface area contributed by atoms with Crippen LogP contribution >= 0.6 is 0 Å². The second-order valence-corrected chi connectivity index (χ2v) is 15.8. The van der Waals surface area contributed by atoms with Crippen LogP contribution in [0.4, 0.5) is 17.1 Å². The van der Waals surface area contributed by atoms with Gasteiger partial charge in [-0.1, -0.05) is 194 Å². The molecule has 0 aliphatic carbocycles. The summed E-state index contributed by atoms with van der Waals surface area (Å²) in [6, 6.07) is 80.0. The third-order valence-electron chi connectivity index (χ3n) is 11.9. The van der Waals surface area contributed by atoms with Crippen LogP contribution in [-0.2, 0) is 12.8 Å². The minimum atomic E-state index is 0.418. The molecule has 1 nitrogen and oxygen atoms in total. The standard InChI is InChI=1S/C58H45N/c1-5-13-50-37-45(24-27-46(50)9-1)38-54(55-30-29-47-10-2-6-14-51(47)39-55)28-23-43-20-17-42(18-21-43)19-22-44-25-33-56(34-26-44)59(57-35-31-48-11-3-7-15-52(48)40-57)58-36-32-49-12-4-8-16-53(49)41-58/h1-22,24-27,29-37,39-41,54H,23,28,38H2/b22-19+. The van der Waals surface area contributed by atoms with Crippen molar-refractivity contribution in [2.45, 2.75) is 25.2 Å². The Morgan fingerprint density at radius 2 is 0.746 bits per heavy atom. The van der Waals surface area contributed by atoms with Crippen molar-refractivity contribution in [3.63, 3.8) is 0 Å². The molecule has 0 heterocycles. The Hall–Kier alpha value is -7.22. The van der Waals surface area contributed by atoms with Gasteiger partial charge in [0.25, 0.3) is 0 Å². The van der Waals surface area contributed by atoms with E-state index >= 15 is 0 Å². The molecule has 0 saturated carbocycles. The van der Waals surface area contributed by atoms with Gasteiger partial charge in [0.15, 0.2) is 0 Å². The Labute approximate surface area is 347 Å². The van der Waals surface area contributed by atoms with Gasteiger partial charge in [0, 0.05) is 17.1 Å². The molecule has 0 fully saturated rings. The molecular weight excluding hydrogens is 711 g/mol. The summed E-state index contributed by atoms with van der Waals surface area (Å²) in [6.07, 6.45) is 7.57. The Bertz CT molecular complexity index is 3000. The summed E-state index contributed by atoms with van der Waals surface area (Å²) in [7, 11) is 0. The van der Waals surface area contributed by atoms with E-state index in [1.165, 1.54) is 70.9 Å². The van der Waals surface area contributed by atoms with E-state index in [2.05, 4.69) is 235 Å². The minimum absolute atomic E-state index is 0.418. The maximum Gasteiger partial charge on any atom is 0.0468 e. The van der Waals surface area contributed by atoms with Crippen LogP contribution in [0.25, 0.3) is 55.2 Å². The molecule has 0 spiro atoms. The highest BCUT2D eigenvalue weighted by molar-refractivity contribution is 5.93. The number of fused-ring (bicyclic) bond motifs is 4. The van der Waals surface area contributed by atoms with E-state index in [4.69, 9.17) is 0 Å². The SMILES string of the molecule is C(=C\c1ccc(N(c2ccc3ccccc3c2)c2ccc3ccccc3c2)cc1)/c1ccc(CCC(Cc2ccc3ccccc3c2)c2ccc3ccccc3c2)cc1. The largest absolute Gasteiger partial charge is 0.310 e. The fraction of sp³-hybridized carbons (Fsp3) is 0.0690. The van der Waals surface area contributed by atoms with Crippen LogP contribution in [0.3, 0.4) is 0 Å². The van der Waals surface area contributed by atoms with Crippen molar-refractivity contribution < 1.29 is 0 Å². The van der Waals surface area contributed by atoms with Crippen LogP contribution < -0.4 is 4.90 Å². The summed E-state index contributed by atoms with van der Waals surface area (Å²) < 4.78 is 0. The predicted octanol–water partition coefficient (Wildman–Crippen LogP) is 15.9. The topological polar surface area (TPSA) is 3.24 Å². The van der Waals surface area contributed by atoms with E-state index in [0.717, 1.165) is 36.3 Å². The van der Waals surface area contributed by atoms with Gasteiger partial charge >= 0.3 is 0 Å². The van der Waals surface area contributed by atoms with E-state index in [9.17, 15) is 0 Å². The summed E-state index contributed by atoms with van der Waals surface area (Å²) in [5.41, 5.74) is 9.96. The maximum absolute atomic E-state index is 2.41. The molecule has 0 radical (unpaired) electrons. The highest BCUT2D eigenvalue weighted by Gasteiger charge is 2.16. The van der Waals surface area contributed by atoms with Gasteiger partial charge in [0.1, 0.15) is 0 Å². The molecule has 0 aromatic heterocycles. The molecule has 0 aliphatic heterocycles. The quantitative estimate of drug-likeness (QED) is 0.119. The highest BCUT2D eigenvalue weighted by Crippen LogP contribution is 2.38. The van der Waals surface area contributed by atoms with E-state index < -0.39 is 0 Å². The fourth-order valence-electron chi connectivity index (χ4n) is 8.64. The van der Waals surface area contributed by atoms with Crippen LogP contribution in [0.2, 0.25) is 0 Å². The van der Waals surface area contributed by atoms with Gasteiger partial charge in [-0.3, -0.25) is 0 Å².